The van der Waals surface area contributed by atoms with Crippen LogP contribution in [0.15, 0.2) is 81.5 Å². The third kappa shape index (κ3) is 5.10. The van der Waals surface area contributed by atoms with Crippen LogP contribution in [0, 0.1) is 5.82 Å². The maximum Gasteiger partial charge on any atom is 0.271 e. The van der Waals surface area contributed by atoms with Gasteiger partial charge < -0.3 is 9.15 Å². The zero-order chi connectivity index (χ0) is 21.6. The van der Waals surface area contributed by atoms with Gasteiger partial charge in [-0.25, -0.2) is 14.8 Å². The first kappa shape index (κ1) is 20.6. The topological polar surface area (TPSA) is 76.7 Å². The molecular weight excluding hydrogens is 417 g/mol. The lowest BCUT2D eigenvalue weighted by Crippen LogP contribution is -2.17. The van der Waals surface area contributed by atoms with Crippen molar-refractivity contribution in [1.29, 1.82) is 0 Å². The molecule has 3 aromatic carbocycles. The van der Waals surface area contributed by atoms with Crippen LogP contribution in [-0.2, 0) is 5.75 Å². The van der Waals surface area contributed by atoms with Crippen LogP contribution in [0.4, 0.5) is 4.39 Å². The standard InChI is InChI=1S/C23H18FN3O3S/c1-29-20-11-6-15(13-25-27-22(28)16-7-9-18(24)10-8-16)12-17(20)14-31-23-26-19-4-2-3-5-21(19)30-23/h2-13H,14H2,1H3,(H,27,28). The SMILES string of the molecule is COc1ccc(C=NNC(=O)c2ccc(F)cc2)cc1CSc1nc2ccccc2o1. The Morgan fingerprint density at radius 1 is 1.19 bits per heavy atom. The quantitative estimate of drug-likeness (QED) is 0.250. The van der Waals surface area contributed by atoms with Crippen molar-refractivity contribution in [1.82, 2.24) is 10.4 Å². The molecule has 1 aromatic heterocycles. The third-order valence-corrected chi connectivity index (χ3v) is 5.29. The van der Waals surface area contributed by atoms with Gasteiger partial charge in [0.2, 0.25) is 0 Å². The van der Waals surface area contributed by atoms with Gasteiger partial charge in [-0.3, -0.25) is 4.79 Å². The predicted molar refractivity (Wildman–Crippen MR) is 118 cm³/mol. The first-order chi connectivity index (χ1) is 15.1. The molecule has 1 amide bonds. The summed E-state index contributed by atoms with van der Waals surface area (Å²) in [7, 11) is 1.61. The highest BCUT2D eigenvalue weighted by Crippen LogP contribution is 2.30. The van der Waals surface area contributed by atoms with E-state index in [0.29, 0.717) is 16.5 Å². The number of amides is 1. The second-order valence-corrected chi connectivity index (χ2v) is 7.44. The molecule has 156 valence electrons. The molecule has 0 aliphatic carbocycles. The maximum atomic E-state index is 13.0. The molecule has 0 radical (unpaired) electrons. The van der Waals surface area contributed by atoms with E-state index in [1.807, 2.05) is 42.5 Å². The summed E-state index contributed by atoms with van der Waals surface area (Å²) in [6, 6.07) is 18.4. The number of rotatable bonds is 7. The fraction of sp³-hybridized carbons (Fsp3) is 0.0870. The number of carbonyl (C=O) groups is 1. The molecule has 31 heavy (non-hydrogen) atoms. The molecule has 1 N–H and O–H groups in total. The van der Waals surface area contributed by atoms with Gasteiger partial charge in [0.15, 0.2) is 5.58 Å². The van der Waals surface area contributed by atoms with Crippen molar-refractivity contribution in [2.45, 2.75) is 11.0 Å². The number of ether oxygens (including phenoxy) is 1. The minimum Gasteiger partial charge on any atom is -0.496 e. The van der Waals surface area contributed by atoms with Gasteiger partial charge in [-0.15, -0.1) is 0 Å². The lowest BCUT2D eigenvalue weighted by Gasteiger charge is -2.08. The number of hydrogen-bond donors (Lipinski definition) is 1. The highest BCUT2D eigenvalue weighted by molar-refractivity contribution is 7.98. The van der Waals surface area contributed by atoms with Crippen LogP contribution in [0.3, 0.4) is 0 Å². The number of hydrogen-bond acceptors (Lipinski definition) is 6. The van der Waals surface area contributed by atoms with Crippen LogP contribution >= 0.6 is 11.8 Å². The highest BCUT2D eigenvalue weighted by atomic mass is 32.2. The van der Waals surface area contributed by atoms with Crippen molar-refractivity contribution in [3.05, 3.63) is 89.2 Å². The second-order valence-electron chi connectivity index (χ2n) is 6.51. The van der Waals surface area contributed by atoms with Crippen molar-refractivity contribution < 1.29 is 18.3 Å². The summed E-state index contributed by atoms with van der Waals surface area (Å²) < 4.78 is 24.2. The van der Waals surface area contributed by atoms with E-state index in [-0.39, 0.29) is 0 Å². The van der Waals surface area contributed by atoms with Crippen molar-refractivity contribution in [3.63, 3.8) is 0 Å². The van der Waals surface area contributed by atoms with E-state index < -0.39 is 11.7 Å². The number of para-hydroxylation sites is 2. The van der Waals surface area contributed by atoms with Crippen molar-refractivity contribution in [2.75, 3.05) is 7.11 Å². The minimum atomic E-state index is -0.420. The summed E-state index contributed by atoms with van der Waals surface area (Å²) in [6.45, 7) is 0. The van der Waals surface area contributed by atoms with E-state index in [4.69, 9.17) is 9.15 Å². The van der Waals surface area contributed by atoms with E-state index in [1.54, 1.807) is 7.11 Å². The number of fused-ring (bicyclic) bond motifs is 1. The van der Waals surface area contributed by atoms with Crippen molar-refractivity contribution >= 4 is 35.0 Å². The Morgan fingerprint density at radius 2 is 2.00 bits per heavy atom. The molecule has 0 fully saturated rings. The Morgan fingerprint density at radius 3 is 2.77 bits per heavy atom. The van der Waals surface area contributed by atoms with Gasteiger partial charge >= 0.3 is 0 Å². The smallest absolute Gasteiger partial charge is 0.271 e. The molecule has 1 heterocycles. The number of aromatic nitrogens is 1. The summed E-state index contributed by atoms with van der Waals surface area (Å²) >= 11 is 1.46. The van der Waals surface area contributed by atoms with Gasteiger partial charge in [0, 0.05) is 16.9 Å². The van der Waals surface area contributed by atoms with Crippen LogP contribution in [0.25, 0.3) is 11.1 Å². The molecule has 6 nitrogen and oxygen atoms in total. The number of benzene rings is 3. The average molecular weight is 435 g/mol. The number of hydrazone groups is 1. The largest absolute Gasteiger partial charge is 0.496 e. The minimum absolute atomic E-state index is 0.323. The van der Waals surface area contributed by atoms with E-state index in [2.05, 4.69) is 15.5 Å². The van der Waals surface area contributed by atoms with Crippen LogP contribution in [-0.4, -0.2) is 24.2 Å². The van der Waals surface area contributed by atoms with Gasteiger partial charge in [-0.1, -0.05) is 23.9 Å². The molecule has 4 rings (SSSR count). The number of oxazole rings is 1. The van der Waals surface area contributed by atoms with Crippen LogP contribution < -0.4 is 10.2 Å². The van der Waals surface area contributed by atoms with Crippen LogP contribution in [0.5, 0.6) is 5.75 Å². The lowest BCUT2D eigenvalue weighted by molar-refractivity contribution is 0.0955. The normalized spacial score (nSPS) is 11.2. The molecule has 0 aliphatic heterocycles. The maximum absolute atomic E-state index is 13.0. The van der Waals surface area contributed by atoms with Gasteiger partial charge in [0.05, 0.1) is 13.3 Å². The molecular formula is C23H18FN3O3S. The van der Waals surface area contributed by atoms with Crippen molar-refractivity contribution in [3.8, 4) is 5.75 Å². The fourth-order valence-electron chi connectivity index (χ4n) is 2.88. The third-order valence-electron chi connectivity index (χ3n) is 4.42. The predicted octanol–water partition coefficient (Wildman–Crippen LogP) is 5.03. The van der Waals surface area contributed by atoms with Crippen LogP contribution in [0.1, 0.15) is 21.5 Å². The van der Waals surface area contributed by atoms with E-state index in [1.165, 1.54) is 42.2 Å². The molecule has 0 spiro atoms. The number of nitrogens with zero attached hydrogens (tertiary/aromatic N) is 2. The Hall–Kier alpha value is -3.65. The molecule has 0 saturated heterocycles. The molecule has 0 aliphatic rings. The summed E-state index contributed by atoms with van der Waals surface area (Å²) in [5.41, 5.74) is 6.04. The summed E-state index contributed by atoms with van der Waals surface area (Å²) in [5, 5.41) is 4.56. The highest BCUT2D eigenvalue weighted by Gasteiger charge is 2.10. The molecule has 0 unspecified atom stereocenters. The van der Waals surface area contributed by atoms with E-state index >= 15 is 0 Å². The summed E-state index contributed by atoms with van der Waals surface area (Å²) in [6.07, 6.45) is 1.54. The van der Waals surface area contributed by atoms with E-state index in [0.717, 1.165) is 28.0 Å². The first-order valence-corrected chi connectivity index (χ1v) is 10.4. The Kier molecular flexibility index (Phi) is 6.28. The summed E-state index contributed by atoms with van der Waals surface area (Å²) in [5.74, 6) is 0.494. The zero-order valence-corrected chi connectivity index (χ0v) is 17.4. The summed E-state index contributed by atoms with van der Waals surface area (Å²) in [4.78, 5) is 16.5. The van der Waals surface area contributed by atoms with Crippen LogP contribution in [0.2, 0.25) is 0 Å². The number of carbonyl (C=O) groups excluding carboxylic acids is 1. The number of nitrogens with one attached hydrogen (secondary N) is 1. The van der Waals surface area contributed by atoms with Gasteiger partial charge in [0.25, 0.3) is 11.1 Å². The van der Waals surface area contributed by atoms with Gasteiger partial charge in [-0.2, -0.15) is 5.10 Å². The fourth-order valence-corrected chi connectivity index (χ4v) is 3.69. The number of thioether (sulfide) groups is 1. The Labute approximate surface area is 182 Å². The Balaban J connectivity index is 1.43. The molecule has 0 atom stereocenters. The number of methoxy groups -OCH3 is 1. The molecule has 8 heteroatoms. The van der Waals surface area contributed by atoms with Gasteiger partial charge in [-0.05, 0) is 60.2 Å². The molecule has 0 saturated carbocycles. The van der Waals surface area contributed by atoms with E-state index in [9.17, 15) is 9.18 Å². The Bertz CT molecular complexity index is 1210. The molecule has 0 bridgehead atoms. The second kappa shape index (κ2) is 9.44. The van der Waals surface area contributed by atoms with Crippen molar-refractivity contribution in [2.24, 2.45) is 5.10 Å². The lowest BCUT2D eigenvalue weighted by atomic mass is 10.1. The zero-order valence-electron chi connectivity index (χ0n) is 16.5. The average Bonchev–Trinajstić information content (AvgIpc) is 3.21. The monoisotopic (exact) mass is 435 g/mol. The first-order valence-electron chi connectivity index (χ1n) is 9.36. The van der Waals surface area contributed by atoms with Gasteiger partial charge in [0.1, 0.15) is 17.1 Å². The number of halogens is 1. The molecule has 4 aromatic rings.